The highest BCUT2D eigenvalue weighted by Gasteiger charge is 2.15. The van der Waals surface area contributed by atoms with Gasteiger partial charge in [0.1, 0.15) is 11.4 Å². The monoisotopic (exact) mass is 365 g/mol. The first kappa shape index (κ1) is 18.7. The number of ether oxygens (including phenoxy) is 1. The smallest absolute Gasteiger partial charge is 0.352 e. The van der Waals surface area contributed by atoms with Gasteiger partial charge in [-0.2, -0.15) is 0 Å². The van der Waals surface area contributed by atoms with Crippen LogP contribution in [0.15, 0.2) is 60.3 Å². The molecular weight excluding hydrogens is 342 g/mol. The van der Waals surface area contributed by atoms with Crippen LogP contribution >= 0.6 is 0 Å². The van der Waals surface area contributed by atoms with Crippen LogP contribution in [0, 0.1) is 0 Å². The topological polar surface area (TPSA) is 75.6 Å². The zero-order chi connectivity index (χ0) is 19.1. The zero-order valence-electron chi connectivity index (χ0n) is 15.1. The van der Waals surface area contributed by atoms with E-state index >= 15 is 0 Å². The second kappa shape index (κ2) is 9.03. The number of rotatable bonds is 6. The molecule has 0 bridgehead atoms. The summed E-state index contributed by atoms with van der Waals surface area (Å²) in [5.41, 5.74) is 0.905. The van der Waals surface area contributed by atoms with Crippen LogP contribution in [0.1, 0.15) is 48.0 Å². The van der Waals surface area contributed by atoms with Gasteiger partial charge in [-0.25, -0.2) is 4.79 Å². The summed E-state index contributed by atoms with van der Waals surface area (Å²) in [5, 5.41) is 11.8. The van der Waals surface area contributed by atoms with Crippen LogP contribution in [0.3, 0.4) is 0 Å². The van der Waals surface area contributed by atoms with Crippen molar-refractivity contribution in [3.8, 4) is 5.75 Å². The highest BCUT2D eigenvalue weighted by molar-refractivity contribution is 6.02. The van der Waals surface area contributed by atoms with Crippen molar-refractivity contribution in [2.24, 2.45) is 0 Å². The maximum absolute atomic E-state index is 12.2. The van der Waals surface area contributed by atoms with Crippen LogP contribution < -0.4 is 10.1 Å². The molecular formula is C22H23NO4. The first-order chi connectivity index (χ1) is 13.1. The third kappa shape index (κ3) is 5.45. The highest BCUT2D eigenvalue weighted by Crippen LogP contribution is 2.24. The fourth-order valence-electron chi connectivity index (χ4n) is 3.12. The maximum atomic E-state index is 12.2. The number of hydrogen-bond acceptors (Lipinski definition) is 3. The summed E-state index contributed by atoms with van der Waals surface area (Å²) in [6, 6.07) is 15.7. The van der Waals surface area contributed by atoms with E-state index in [9.17, 15) is 14.7 Å². The number of aliphatic carboxylic acids is 1. The van der Waals surface area contributed by atoms with Crippen molar-refractivity contribution in [3.63, 3.8) is 0 Å². The first-order valence-electron chi connectivity index (χ1n) is 9.20. The summed E-state index contributed by atoms with van der Waals surface area (Å²) in [4.78, 5) is 23.7. The quantitative estimate of drug-likeness (QED) is 0.750. The van der Waals surface area contributed by atoms with Crippen molar-refractivity contribution < 1.29 is 19.4 Å². The number of carboxylic acids is 1. The Labute approximate surface area is 158 Å². The molecule has 1 fully saturated rings. The standard InChI is InChI=1S/C22H23NO4/c24-21(17-7-3-1-4-8-17)23-20(22(25)26)15-16-11-13-19(14-12-16)27-18-9-5-2-6-10-18/h1,3-4,7-8,11-15,18H,2,5-6,9-10H2,(H,23,24)(H,25,26). The summed E-state index contributed by atoms with van der Waals surface area (Å²) in [6.45, 7) is 0. The SMILES string of the molecule is O=C(O)C(=Cc1ccc(OC2CCCCC2)cc1)NC(=O)c1ccccc1. The molecule has 27 heavy (non-hydrogen) atoms. The Bertz CT molecular complexity index is 806. The van der Waals surface area contributed by atoms with E-state index in [0.29, 0.717) is 11.1 Å². The van der Waals surface area contributed by atoms with E-state index in [1.165, 1.54) is 25.3 Å². The minimum atomic E-state index is -1.19. The van der Waals surface area contributed by atoms with Gasteiger partial charge in [0.2, 0.25) is 0 Å². The molecule has 0 atom stereocenters. The minimum absolute atomic E-state index is 0.176. The lowest BCUT2D eigenvalue weighted by Crippen LogP contribution is -2.27. The molecule has 140 valence electrons. The lowest BCUT2D eigenvalue weighted by molar-refractivity contribution is -0.132. The average molecular weight is 365 g/mol. The highest BCUT2D eigenvalue weighted by atomic mass is 16.5. The van der Waals surface area contributed by atoms with Crippen LogP contribution in [0.5, 0.6) is 5.75 Å². The van der Waals surface area contributed by atoms with E-state index in [2.05, 4.69) is 5.32 Å². The number of amides is 1. The molecule has 2 N–H and O–H groups in total. The molecule has 0 radical (unpaired) electrons. The molecule has 1 saturated carbocycles. The second-order valence-electron chi connectivity index (χ2n) is 6.63. The predicted molar refractivity (Wildman–Crippen MR) is 103 cm³/mol. The van der Waals surface area contributed by atoms with E-state index in [0.717, 1.165) is 18.6 Å². The van der Waals surface area contributed by atoms with Crippen molar-refractivity contribution in [1.29, 1.82) is 0 Å². The molecule has 0 unspecified atom stereocenters. The van der Waals surface area contributed by atoms with E-state index in [4.69, 9.17) is 4.74 Å². The Morgan fingerprint density at radius 1 is 0.963 bits per heavy atom. The van der Waals surface area contributed by atoms with Crippen molar-refractivity contribution >= 4 is 18.0 Å². The van der Waals surface area contributed by atoms with Crippen LogP contribution in [-0.2, 0) is 4.79 Å². The lowest BCUT2D eigenvalue weighted by atomic mass is 9.98. The average Bonchev–Trinajstić information content (AvgIpc) is 2.70. The zero-order valence-corrected chi connectivity index (χ0v) is 15.1. The molecule has 0 aromatic heterocycles. The molecule has 2 aromatic rings. The Morgan fingerprint density at radius 2 is 1.63 bits per heavy atom. The van der Waals surface area contributed by atoms with Gasteiger partial charge >= 0.3 is 5.97 Å². The number of benzene rings is 2. The minimum Gasteiger partial charge on any atom is -0.490 e. The van der Waals surface area contributed by atoms with Gasteiger partial charge in [0.25, 0.3) is 5.91 Å². The molecule has 2 aromatic carbocycles. The molecule has 5 nitrogen and oxygen atoms in total. The number of nitrogens with one attached hydrogen (secondary N) is 1. The van der Waals surface area contributed by atoms with Gasteiger partial charge in [-0.05, 0) is 61.6 Å². The molecule has 0 aliphatic heterocycles. The van der Waals surface area contributed by atoms with E-state index in [1.54, 1.807) is 42.5 Å². The van der Waals surface area contributed by atoms with Gasteiger partial charge in [-0.15, -0.1) is 0 Å². The predicted octanol–water partition coefficient (Wildman–Crippen LogP) is 4.25. The van der Waals surface area contributed by atoms with Crippen molar-refractivity contribution in [1.82, 2.24) is 5.32 Å². The molecule has 1 amide bonds. The van der Waals surface area contributed by atoms with Crippen LogP contribution in [0.2, 0.25) is 0 Å². The molecule has 5 heteroatoms. The Hall–Kier alpha value is -3.08. The van der Waals surface area contributed by atoms with Crippen LogP contribution in [-0.4, -0.2) is 23.1 Å². The van der Waals surface area contributed by atoms with Gasteiger partial charge in [0.15, 0.2) is 0 Å². The summed E-state index contributed by atoms with van der Waals surface area (Å²) >= 11 is 0. The first-order valence-corrected chi connectivity index (χ1v) is 9.20. The lowest BCUT2D eigenvalue weighted by Gasteiger charge is -2.23. The molecule has 0 saturated heterocycles. The normalized spacial score (nSPS) is 15.2. The van der Waals surface area contributed by atoms with E-state index in [1.807, 2.05) is 12.1 Å². The summed E-state index contributed by atoms with van der Waals surface area (Å²) < 4.78 is 5.98. The number of carbonyl (C=O) groups excluding carboxylic acids is 1. The molecule has 1 aliphatic rings. The molecule has 1 aliphatic carbocycles. The van der Waals surface area contributed by atoms with Crippen LogP contribution in [0.25, 0.3) is 6.08 Å². The number of carbonyl (C=O) groups is 2. The second-order valence-corrected chi connectivity index (χ2v) is 6.63. The summed E-state index contributed by atoms with van der Waals surface area (Å²) in [5.74, 6) is -0.868. The van der Waals surface area contributed by atoms with Gasteiger partial charge in [0, 0.05) is 5.56 Å². The summed E-state index contributed by atoms with van der Waals surface area (Å²) in [6.07, 6.45) is 7.54. The van der Waals surface area contributed by atoms with Crippen molar-refractivity contribution in [2.45, 2.75) is 38.2 Å². The third-order valence-corrected chi connectivity index (χ3v) is 4.56. The fraction of sp³-hybridized carbons (Fsp3) is 0.273. The van der Waals surface area contributed by atoms with Crippen molar-refractivity contribution in [2.75, 3.05) is 0 Å². The van der Waals surface area contributed by atoms with E-state index in [-0.39, 0.29) is 11.8 Å². The molecule has 0 spiro atoms. The number of carboxylic acid groups (broad SMARTS) is 1. The van der Waals surface area contributed by atoms with Crippen molar-refractivity contribution in [3.05, 3.63) is 71.4 Å². The van der Waals surface area contributed by atoms with Gasteiger partial charge in [0.05, 0.1) is 6.10 Å². The number of hydrogen-bond donors (Lipinski definition) is 2. The largest absolute Gasteiger partial charge is 0.490 e. The summed E-state index contributed by atoms with van der Waals surface area (Å²) in [7, 11) is 0. The molecule has 3 rings (SSSR count). The van der Waals surface area contributed by atoms with Crippen LogP contribution in [0.4, 0.5) is 0 Å². The van der Waals surface area contributed by atoms with E-state index < -0.39 is 11.9 Å². The van der Waals surface area contributed by atoms with Gasteiger partial charge in [-0.1, -0.05) is 36.8 Å². The maximum Gasteiger partial charge on any atom is 0.352 e. The Kier molecular flexibility index (Phi) is 6.26. The fourth-order valence-corrected chi connectivity index (χ4v) is 3.12. The molecule has 0 heterocycles. The van der Waals surface area contributed by atoms with Gasteiger partial charge < -0.3 is 15.2 Å². The van der Waals surface area contributed by atoms with Gasteiger partial charge in [-0.3, -0.25) is 4.79 Å². The Morgan fingerprint density at radius 3 is 2.26 bits per heavy atom. The third-order valence-electron chi connectivity index (χ3n) is 4.56. The Balaban J connectivity index is 1.68.